The van der Waals surface area contributed by atoms with Gasteiger partial charge in [0.05, 0.1) is 31.1 Å². The number of aliphatic hydroxyl groups is 2. The molecule has 0 fully saturated rings. The van der Waals surface area contributed by atoms with Crippen LogP contribution in [0.2, 0.25) is 0 Å². The van der Waals surface area contributed by atoms with E-state index in [1.54, 1.807) is 27.7 Å². The Bertz CT molecular complexity index is 278. The highest BCUT2D eigenvalue weighted by Crippen LogP contribution is 2.52. The molecule has 0 saturated heterocycles. The average molecular weight is 311 g/mol. The van der Waals surface area contributed by atoms with Crippen molar-refractivity contribution < 1.29 is 23.8 Å². The van der Waals surface area contributed by atoms with Gasteiger partial charge in [-0.05, 0) is 34.6 Å². The molecule has 0 radical (unpaired) electrons. The van der Waals surface area contributed by atoms with Crippen LogP contribution in [-0.4, -0.2) is 65.8 Å². The fourth-order valence-corrected chi connectivity index (χ4v) is 3.83. The van der Waals surface area contributed by atoms with Gasteiger partial charge < -0.3 is 19.3 Å². The summed E-state index contributed by atoms with van der Waals surface area (Å²) >= 11 is 0. The lowest BCUT2D eigenvalue weighted by atomic mass is 10.3. The summed E-state index contributed by atoms with van der Waals surface area (Å²) in [5.41, 5.74) is -0.320. The Morgan fingerprint density at radius 3 is 1.65 bits per heavy atom. The maximum atomic E-state index is 12.6. The van der Waals surface area contributed by atoms with E-state index in [-0.39, 0.29) is 5.66 Å². The standard InChI is InChI=1S/C13H30NO5P/c1-6-18-20(17,19-7-2)13(5)10-14(8-11(3)15)9-12(4)16/h11-13,15-16H,6-10H2,1-5H3. The van der Waals surface area contributed by atoms with Crippen molar-refractivity contribution in [3.8, 4) is 0 Å². The SMILES string of the molecule is CCOP(=O)(OCC)C(C)CN(CC(C)O)CC(C)O. The third kappa shape index (κ3) is 7.72. The summed E-state index contributed by atoms with van der Waals surface area (Å²) in [6.45, 7) is 10.7. The van der Waals surface area contributed by atoms with E-state index in [1.165, 1.54) is 0 Å². The normalized spacial score (nSPS) is 17.2. The molecule has 0 amide bonds. The molecule has 7 heteroatoms. The molecule has 0 aromatic heterocycles. The Labute approximate surface area is 122 Å². The van der Waals surface area contributed by atoms with Crippen molar-refractivity contribution in [2.45, 2.75) is 52.5 Å². The highest BCUT2D eigenvalue weighted by Gasteiger charge is 2.33. The van der Waals surface area contributed by atoms with E-state index in [4.69, 9.17) is 9.05 Å². The zero-order valence-corrected chi connectivity index (χ0v) is 14.2. The van der Waals surface area contributed by atoms with Crippen LogP contribution in [-0.2, 0) is 13.6 Å². The first-order valence-electron chi connectivity index (χ1n) is 7.22. The van der Waals surface area contributed by atoms with Crippen LogP contribution in [0.5, 0.6) is 0 Å². The van der Waals surface area contributed by atoms with Gasteiger partial charge in [-0.25, -0.2) is 0 Å². The third-order valence-electron chi connectivity index (χ3n) is 2.73. The van der Waals surface area contributed by atoms with E-state index < -0.39 is 19.8 Å². The Kier molecular flexibility index (Phi) is 9.89. The number of nitrogens with zero attached hydrogens (tertiary/aromatic N) is 1. The predicted molar refractivity (Wildman–Crippen MR) is 80.1 cm³/mol. The molecule has 3 atom stereocenters. The molecule has 0 heterocycles. The highest BCUT2D eigenvalue weighted by atomic mass is 31.2. The third-order valence-corrected chi connectivity index (χ3v) is 5.20. The monoisotopic (exact) mass is 311 g/mol. The molecule has 2 N–H and O–H groups in total. The van der Waals surface area contributed by atoms with Crippen LogP contribution in [0.4, 0.5) is 0 Å². The molecule has 0 aliphatic carbocycles. The van der Waals surface area contributed by atoms with E-state index >= 15 is 0 Å². The maximum absolute atomic E-state index is 12.6. The van der Waals surface area contributed by atoms with Crippen LogP contribution in [0.15, 0.2) is 0 Å². The number of rotatable bonds is 11. The maximum Gasteiger partial charge on any atom is 0.334 e. The van der Waals surface area contributed by atoms with Gasteiger partial charge in [-0.1, -0.05) is 0 Å². The first-order valence-corrected chi connectivity index (χ1v) is 8.83. The smallest absolute Gasteiger partial charge is 0.334 e. The van der Waals surface area contributed by atoms with E-state index in [1.807, 2.05) is 11.8 Å². The molecule has 0 aromatic carbocycles. The predicted octanol–water partition coefficient (Wildman–Crippen LogP) is 1.70. The van der Waals surface area contributed by atoms with Crippen molar-refractivity contribution in [2.75, 3.05) is 32.8 Å². The van der Waals surface area contributed by atoms with Crippen molar-refractivity contribution in [1.82, 2.24) is 4.90 Å². The van der Waals surface area contributed by atoms with Gasteiger partial charge in [0.25, 0.3) is 0 Å². The van der Waals surface area contributed by atoms with Crippen molar-refractivity contribution in [3.63, 3.8) is 0 Å². The summed E-state index contributed by atoms with van der Waals surface area (Å²) in [4.78, 5) is 1.88. The molecular weight excluding hydrogens is 281 g/mol. The first kappa shape index (κ1) is 20.0. The van der Waals surface area contributed by atoms with Crippen LogP contribution >= 0.6 is 7.60 Å². The zero-order valence-electron chi connectivity index (χ0n) is 13.3. The molecule has 6 nitrogen and oxygen atoms in total. The summed E-state index contributed by atoms with van der Waals surface area (Å²) in [7, 11) is -3.16. The summed E-state index contributed by atoms with van der Waals surface area (Å²) in [6.07, 6.45) is -1.03. The van der Waals surface area contributed by atoms with Gasteiger partial charge in [-0.2, -0.15) is 0 Å². The second-order valence-corrected chi connectivity index (χ2v) is 7.62. The quantitative estimate of drug-likeness (QED) is 0.566. The topological polar surface area (TPSA) is 79.2 Å². The van der Waals surface area contributed by atoms with Crippen molar-refractivity contribution in [2.24, 2.45) is 0 Å². The van der Waals surface area contributed by atoms with E-state index in [0.29, 0.717) is 32.8 Å². The second kappa shape index (κ2) is 9.87. The largest absolute Gasteiger partial charge is 0.392 e. The lowest BCUT2D eigenvalue weighted by molar-refractivity contribution is 0.0815. The summed E-state index contributed by atoms with van der Waals surface area (Å²) in [5.74, 6) is 0. The minimum absolute atomic E-state index is 0.320. The molecule has 3 unspecified atom stereocenters. The molecule has 122 valence electrons. The highest BCUT2D eigenvalue weighted by molar-refractivity contribution is 7.54. The van der Waals surface area contributed by atoms with Crippen LogP contribution in [0.1, 0.15) is 34.6 Å². The molecule has 0 aliphatic rings. The van der Waals surface area contributed by atoms with E-state index in [9.17, 15) is 14.8 Å². The van der Waals surface area contributed by atoms with Gasteiger partial charge >= 0.3 is 7.60 Å². The molecule has 20 heavy (non-hydrogen) atoms. The Morgan fingerprint density at radius 1 is 0.950 bits per heavy atom. The minimum atomic E-state index is -3.16. The van der Waals surface area contributed by atoms with E-state index in [0.717, 1.165) is 0 Å². The van der Waals surface area contributed by atoms with Gasteiger partial charge in [0.2, 0.25) is 0 Å². The minimum Gasteiger partial charge on any atom is -0.392 e. The van der Waals surface area contributed by atoms with Crippen molar-refractivity contribution in [3.05, 3.63) is 0 Å². The van der Waals surface area contributed by atoms with Crippen LogP contribution in [0, 0.1) is 0 Å². The van der Waals surface area contributed by atoms with Gasteiger partial charge in [0, 0.05) is 19.6 Å². The molecule has 0 saturated carbocycles. The fourth-order valence-electron chi connectivity index (χ4n) is 2.10. The number of hydrogen-bond donors (Lipinski definition) is 2. The Morgan fingerprint density at radius 2 is 1.35 bits per heavy atom. The molecule has 0 aromatic rings. The van der Waals surface area contributed by atoms with Gasteiger partial charge in [0.15, 0.2) is 0 Å². The fraction of sp³-hybridized carbons (Fsp3) is 1.00. The average Bonchev–Trinajstić information content (AvgIpc) is 2.27. The lowest BCUT2D eigenvalue weighted by Crippen LogP contribution is -2.40. The molecule has 0 rings (SSSR count). The first-order chi connectivity index (χ1) is 9.25. The lowest BCUT2D eigenvalue weighted by Gasteiger charge is -2.30. The summed E-state index contributed by atoms with van der Waals surface area (Å²) < 4.78 is 23.3. The van der Waals surface area contributed by atoms with Crippen molar-refractivity contribution >= 4 is 7.60 Å². The Balaban J connectivity index is 4.76. The number of aliphatic hydroxyl groups excluding tert-OH is 2. The Hall–Kier alpha value is 0.0300. The van der Waals surface area contributed by atoms with Crippen molar-refractivity contribution in [1.29, 1.82) is 0 Å². The summed E-state index contributed by atoms with van der Waals surface area (Å²) in [5, 5.41) is 19.0. The molecule has 0 bridgehead atoms. The molecular formula is C13H30NO5P. The van der Waals surface area contributed by atoms with Gasteiger partial charge in [-0.15, -0.1) is 0 Å². The zero-order chi connectivity index (χ0) is 15.8. The van der Waals surface area contributed by atoms with Crippen LogP contribution in [0.3, 0.4) is 0 Å². The molecule has 0 aliphatic heterocycles. The van der Waals surface area contributed by atoms with Crippen LogP contribution in [0.25, 0.3) is 0 Å². The van der Waals surface area contributed by atoms with Gasteiger partial charge in [0.1, 0.15) is 0 Å². The van der Waals surface area contributed by atoms with Crippen LogP contribution < -0.4 is 0 Å². The van der Waals surface area contributed by atoms with E-state index in [2.05, 4.69) is 0 Å². The van der Waals surface area contributed by atoms with Gasteiger partial charge in [-0.3, -0.25) is 9.46 Å². The molecule has 0 spiro atoms. The number of hydrogen-bond acceptors (Lipinski definition) is 6. The summed E-state index contributed by atoms with van der Waals surface area (Å²) in [6, 6.07) is 0. The second-order valence-electron chi connectivity index (χ2n) is 5.14.